The Balaban J connectivity index is 1.99. The number of hydrogen-bond acceptors (Lipinski definition) is 4. The van der Waals surface area contributed by atoms with Crippen LogP contribution in [0, 0.1) is 0 Å². The Morgan fingerprint density at radius 2 is 2.08 bits per heavy atom. The summed E-state index contributed by atoms with van der Waals surface area (Å²) >= 11 is 2.29. The lowest BCUT2D eigenvalue weighted by molar-refractivity contribution is -0.296. The van der Waals surface area contributed by atoms with E-state index in [0.29, 0.717) is 20.2 Å². The predicted octanol–water partition coefficient (Wildman–Crippen LogP) is 0.536. The Labute approximate surface area is 84.6 Å². The molecule has 0 bridgehead atoms. The lowest BCUT2D eigenvalue weighted by Gasteiger charge is -2.39. The van der Waals surface area contributed by atoms with E-state index in [1.807, 2.05) is 0 Å². The van der Waals surface area contributed by atoms with Crippen molar-refractivity contribution < 1.29 is 18.9 Å². The molecule has 0 aromatic heterocycles. The van der Waals surface area contributed by atoms with Crippen LogP contribution in [0.25, 0.3) is 0 Å². The van der Waals surface area contributed by atoms with Gasteiger partial charge in [-0.15, -0.1) is 0 Å². The quantitative estimate of drug-likeness (QED) is 0.520. The summed E-state index contributed by atoms with van der Waals surface area (Å²) < 4.78 is 22.2. The smallest absolute Gasteiger partial charge is 0.147 e. The van der Waals surface area contributed by atoms with E-state index in [2.05, 4.69) is 22.6 Å². The Kier molecular flexibility index (Phi) is 3.19. The first-order chi connectivity index (χ1) is 5.92. The van der Waals surface area contributed by atoms with Crippen molar-refractivity contribution in [3.63, 3.8) is 0 Å². The van der Waals surface area contributed by atoms with Gasteiger partial charge in [-0.2, -0.15) is 0 Å². The second-order valence-electron chi connectivity index (χ2n) is 2.80. The largest absolute Gasteiger partial charge is 0.353 e. The van der Waals surface area contributed by atoms with Crippen molar-refractivity contribution >= 4 is 22.6 Å². The highest BCUT2D eigenvalue weighted by Gasteiger charge is 2.37. The monoisotopic (exact) mass is 286 g/mol. The summed E-state index contributed by atoms with van der Waals surface area (Å²) in [6.45, 7) is 1.35. The number of ether oxygens (including phenoxy) is 4. The summed E-state index contributed by atoms with van der Waals surface area (Å²) in [5.41, 5.74) is 0. The Bertz CT molecular complexity index is 146. The molecule has 2 aliphatic rings. The lowest BCUT2D eigenvalue weighted by Crippen LogP contribution is -2.53. The van der Waals surface area contributed by atoms with Crippen LogP contribution in [0.5, 0.6) is 0 Å². The Morgan fingerprint density at radius 3 is 2.92 bits per heavy atom. The van der Waals surface area contributed by atoms with Crippen LogP contribution in [-0.2, 0) is 18.9 Å². The number of halogens is 1. The molecule has 4 nitrogen and oxygen atoms in total. The minimum Gasteiger partial charge on any atom is -0.353 e. The minimum atomic E-state index is 0.0596. The van der Waals surface area contributed by atoms with Crippen molar-refractivity contribution in [1.82, 2.24) is 0 Å². The first-order valence-corrected chi connectivity index (χ1v) is 5.43. The molecule has 2 rings (SSSR count). The SMILES string of the molecule is ICC1OCOC2COCOC12. The van der Waals surface area contributed by atoms with Crippen LogP contribution in [0.4, 0.5) is 0 Å². The molecule has 0 aromatic carbocycles. The zero-order valence-electron chi connectivity index (χ0n) is 6.57. The average molecular weight is 286 g/mol. The second kappa shape index (κ2) is 4.19. The summed E-state index contributed by atoms with van der Waals surface area (Å²) in [6, 6.07) is 0. The molecule has 3 unspecified atom stereocenters. The van der Waals surface area contributed by atoms with Gasteiger partial charge in [-0.1, -0.05) is 22.6 Å². The molecule has 0 aliphatic carbocycles. The van der Waals surface area contributed by atoms with Crippen molar-refractivity contribution in [3.05, 3.63) is 0 Å². The number of alkyl halides is 1. The Hall–Kier alpha value is 0.570. The van der Waals surface area contributed by atoms with Crippen LogP contribution >= 0.6 is 22.6 Å². The molecular weight excluding hydrogens is 275 g/mol. The standard InChI is InChI=1S/C7H11IO4/c8-1-5-7-6(11-4-10-5)2-9-3-12-7/h5-7H,1-4H2. The molecular formula is C7H11IO4. The fraction of sp³-hybridized carbons (Fsp3) is 1.00. The molecule has 0 saturated carbocycles. The molecule has 0 radical (unpaired) electrons. The highest BCUT2D eigenvalue weighted by molar-refractivity contribution is 14.1. The van der Waals surface area contributed by atoms with E-state index in [0.717, 1.165) is 4.43 Å². The highest BCUT2D eigenvalue weighted by Crippen LogP contribution is 2.22. The van der Waals surface area contributed by atoms with Crippen LogP contribution in [0.3, 0.4) is 0 Å². The molecule has 2 heterocycles. The molecule has 5 heteroatoms. The molecule has 0 amide bonds. The molecule has 3 atom stereocenters. The summed E-state index contributed by atoms with van der Waals surface area (Å²) in [5, 5.41) is 0. The maximum atomic E-state index is 5.41. The van der Waals surface area contributed by atoms with E-state index in [-0.39, 0.29) is 18.3 Å². The van der Waals surface area contributed by atoms with Gasteiger partial charge in [0.1, 0.15) is 25.8 Å². The number of fused-ring (bicyclic) bond motifs is 1. The normalized spacial score (nSPS) is 42.2. The molecule has 2 saturated heterocycles. The van der Waals surface area contributed by atoms with Gasteiger partial charge in [0.15, 0.2) is 0 Å². The van der Waals surface area contributed by atoms with Gasteiger partial charge in [0.25, 0.3) is 0 Å². The molecule has 0 aromatic rings. The summed E-state index contributed by atoms with van der Waals surface area (Å²) in [6.07, 6.45) is 0.282. The zero-order chi connectivity index (χ0) is 8.39. The third-order valence-electron chi connectivity index (χ3n) is 2.08. The van der Waals surface area contributed by atoms with Crippen LogP contribution < -0.4 is 0 Å². The van der Waals surface area contributed by atoms with Crippen LogP contribution in [-0.4, -0.2) is 42.9 Å². The van der Waals surface area contributed by atoms with E-state index in [1.54, 1.807) is 0 Å². The van der Waals surface area contributed by atoms with E-state index in [4.69, 9.17) is 18.9 Å². The van der Waals surface area contributed by atoms with Crippen molar-refractivity contribution in [2.45, 2.75) is 18.3 Å². The van der Waals surface area contributed by atoms with Gasteiger partial charge in [-0.3, -0.25) is 0 Å². The van der Waals surface area contributed by atoms with E-state index < -0.39 is 0 Å². The first kappa shape index (κ1) is 9.14. The van der Waals surface area contributed by atoms with Crippen LogP contribution in [0.15, 0.2) is 0 Å². The van der Waals surface area contributed by atoms with Gasteiger partial charge in [-0.25, -0.2) is 0 Å². The van der Waals surface area contributed by atoms with E-state index in [9.17, 15) is 0 Å². The average Bonchev–Trinajstić information content (AvgIpc) is 2.17. The fourth-order valence-electron chi connectivity index (χ4n) is 1.42. The lowest BCUT2D eigenvalue weighted by atomic mass is 10.1. The van der Waals surface area contributed by atoms with Crippen molar-refractivity contribution in [3.8, 4) is 0 Å². The van der Waals surface area contributed by atoms with Gasteiger partial charge >= 0.3 is 0 Å². The van der Waals surface area contributed by atoms with Crippen molar-refractivity contribution in [2.24, 2.45) is 0 Å². The van der Waals surface area contributed by atoms with Gasteiger partial charge < -0.3 is 18.9 Å². The highest BCUT2D eigenvalue weighted by atomic mass is 127. The van der Waals surface area contributed by atoms with Crippen molar-refractivity contribution in [1.29, 1.82) is 0 Å². The third kappa shape index (κ3) is 1.74. The van der Waals surface area contributed by atoms with Gasteiger partial charge in [-0.05, 0) is 0 Å². The molecule has 0 N–H and O–H groups in total. The van der Waals surface area contributed by atoms with Crippen LogP contribution in [0.1, 0.15) is 0 Å². The van der Waals surface area contributed by atoms with E-state index in [1.165, 1.54) is 0 Å². The summed E-state index contributed by atoms with van der Waals surface area (Å²) in [4.78, 5) is 0. The maximum absolute atomic E-state index is 5.41. The molecule has 12 heavy (non-hydrogen) atoms. The zero-order valence-corrected chi connectivity index (χ0v) is 8.73. The van der Waals surface area contributed by atoms with Gasteiger partial charge in [0.05, 0.1) is 12.7 Å². The minimum absolute atomic E-state index is 0.0596. The van der Waals surface area contributed by atoms with Gasteiger partial charge in [0.2, 0.25) is 0 Å². The number of rotatable bonds is 1. The maximum Gasteiger partial charge on any atom is 0.147 e. The Morgan fingerprint density at radius 1 is 1.17 bits per heavy atom. The summed E-state index contributed by atoms with van der Waals surface area (Å²) in [5.74, 6) is 0. The first-order valence-electron chi connectivity index (χ1n) is 3.90. The molecule has 2 fully saturated rings. The van der Waals surface area contributed by atoms with Crippen molar-refractivity contribution in [2.75, 3.05) is 24.6 Å². The van der Waals surface area contributed by atoms with Crippen LogP contribution in [0.2, 0.25) is 0 Å². The molecule has 70 valence electrons. The molecule has 0 spiro atoms. The third-order valence-corrected chi connectivity index (χ3v) is 2.94. The topological polar surface area (TPSA) is 36.9 Å². The number of hydrogen-bond donors (Lipinski definition) is 0. The molecule has 2 aliphatic heterocycles. The summed E-state index contributed by atoms with van der Waals surface area (Å²) in [7, 11) is 0. The fourth-order valence-corrected chi connectivity index (χ4v) is 2.18. The predicted molar refractivity (Wildman–Crippen MR) is 49.2 cm³/mol. The second-order valence-corrected chi connectivity index (χ2v) is 3.68. The van der Waals surface area contributed by atoms with E-state index >= 15 is 0 Å². The van der Waals surface area contributed by atoms with Gasteiger partial charge in [0, 0.05) is 4.43 Å².